The van der Waals surface area contributed by atoms with Crippen molar-refractivity contribution in [2.45, 2.75) is 30.7 Å². The summed E-state index contributed by atoms with van der Waals surface area (Å²) in [4.78, 5) is 20.7. The predicted molar refractivity (Wildman–Crippen MR) is 150 cm³/mol. The van der Waals surface area contributed by atoms with E-state index in [2.05, 4.69) is 15.3 Å². The van der Waals surface area contributed by atoms with Crippen molar-refractivity contribution in [1.29, 1.82) is 0 Å². The van der Waals surface area contributed by atoms with Gasteiger partial charge in [-0.2, -0.15) is 0 Å². The van der Waals surface area contributed by atoms with E-state index < -0.39 is 27.7 Å². The number of aromatic nitrogens is 1. The van der Waals surface area contributed by atoms with Crippen LogP contribution in [0, 0.1) is 11.6 Å². The highest BCUT2D eigenvalue weighted by atomic mass is 32.2. The van der Waals surface area contributed by atoms with Crippen LogP contribution in [0.3, 0.4) is 0 Å². The molecule has 0 fully saturated rings. The van der Waals surface area contributed by atoms with Crippen molar-refractivity contribution in [3.05, 3.63) is 101 Å². The number of nitrogens with two attached hydrogens (primary N) is 1. The van der Waals surface area contributed by atoms with Gasteiger partial charge >= 0.3 is 0 Å². The number of hydrogen-bond donors (Lipinski definition) is 4. The van der Waals surface area contributed by atoms with Crippen LogP contribution in [0.2, 0.25) is 0 Å². The third-order valence-corrected chi connectivity index (χ3v) is 7.36. The van der Waals surface area contributed by atoms with Crippen LogP contribution >= 0.6 is 0 Å². The summed E-state index contributed by atoms with van der Waals surface area (Å²) in [5.74, 6) is -1.82. The molecular formula is C29H28F2N4O4S. The van der Waals surface area contributed by atoms with Gasteiger partial charge in [0.1, 0.15) is 17.4 Å². The van der Waals surface area contributed by atoms with Crippen LogP contribution < -0.4 is 10.5 Å². The van der Waals surface area contributed by atoms with E-state index in [1.54, 1.807) is 43.5 Å². The average molecular weight is 567 g/mol. The lowest BCUT2D eigenvalue weighted by atomic mass is 9.91. The predicted octanol–water partition coefficient (Wildman–Crippen LogP) is 4.24. The van der Waals surface area contributed by atoms with Gasteiger partial charge in [-0.3, -0.25) is 9.79 Å². The third kappa shape index (κ3) is 6.61. The molecule has 0 saturated heterocycles. The second kappa shape index (κ2) is 11.8. The molecule has 40 heavy (non-hydrogen) atoms. The Morgan fingerprint density at radius 3 is 2.38 bits per heavy atom. The monoisotopic (exact) mass is 566 g/mol. The number of nitrogens with zero attached hydrogens (tertiary/aromatic N) is 1. The molecule has 1 unspecified atom stereocenters. The van der Waals surface area contributed by atoms with Crippen LogP contribution in [0.25, 0.3) is 16.5 Å². The number of fused-ring (bicyclic) bond motifs is 1. The number of H-pyrrole nitrogens is 1. The van der Waals surface area contributed by atoms with Gasteiger partial charge in [-0.15, -0.1) is 0 Å². The summed E-state index contributed by atoms with van der Waals surface area (Å²) in [6.45, 7) is 1.76. The third-order valence-electron chi connectivity index (χ3n) is 6.43. The van der Waals surface area contributed by atoms with Crippen molar-refractivity contribution >= 4 is 38.1 Å². The number of rotatable bonds is 9. The Bertz CT molecular complexity index is 1710. The van der Waals surface area contributed by atoms with E-state index in [1.165, 1.54) is 37.4 Å². The van der Waals surface area contributed by atoms with Gasteiger partial charge in [-0.05, 0) is 72.5 Å². The second-order valence-corrected chi connectivity index (χ2v) is 10.8. The van der Waals surface area contributed by atoms with Crippen LogP contribution in [0.5, 0.6) is 5.75 Å². The number of benzene rings is 3. The summed E-state index contributed by atoms with van der Waals surface area (Å²) < 4.78 is 51.5. The highest BCUT2D eigenvalue weighted by Gasteiger charge is 2.24. The molecule has 208 valence electrons. The van der Waals surface area contributed by atoms with Gasteiger partial charge in [0.25, 0.3) is 0 Å². The van der Waals surface area contributed by atoms with Crippen molar-refractivity contribution < 1.29 is 27.1 Å². The molecule has 4 aromatic rings. The fraction of sp³-hybridized carbons (Fsp3) is 0.172. The van der Waals surface area contributed by atoms with Gasteiger partial charge in [0, 0.05) is 35.8 Å². The fourth-order valence-corrected chi connectivity index (χ4v) is 5.18. The maximum absolute atomic E-state index is 14.0. The van der Waals surface area contributed by atoms with Crippen molar-refractivity contribution in [3.63, 3.8) is 0 Å². The molecule has 0 aliphatic rings. The molecule has 8 nitrogen and oxygen atoms in total. The standard InChI is InChI=1S/C29H28F2N4O4S/c1-3-24(18-4-7-23(8-5-18)40(32,38)39)29(33-2)27(12-17-10-20(30)14-21(31)11-17)35-28(37)13-19-16-34-26-9-6-22(36)15-25(19)26/h3-11,14-16,27,34,36H,12-13H2,1-2H3,(H,35,37)(H2,32,38,39). The minimum absolute atomic E-state index is 0.0222. The molecule has 1 atom stereocenters. The number of carbonyl (C=O) groups excluding carboxylic acids is 1. The fourth-order valence-electron chi connectivity index (χ4n) is 4.66. The SMILES string of the molecule is CC=C(C(=NC)C(Cc1cc(F)cc(F)c1)NC(=O)Cc1c[nH]c2ccc(O)cc12)c1ccc(S(N)(=O)=O)cc1. The topological polar surface area (TPSA) is 138 Å². The van der Waals surface area contributed by atoms with E-state index in [9.17, 15) is 27.1 Å². The Hall–Kier alpha value is -4.35. The lowest BCUT2D eigenvalue weighted by Gasteiger charge is -2.23. The molecule has 0 radical (unpaired) electrons. The largest absolute Gasteiger partial charge is 0.508 e. The summed E-state index contributed by atoms with van der Waals surface area (Å²) in [6, 6.07) is 13.0. The molecule has 0 bridgehead atoms. The Balaban J connectivity index is 1.68. The molecular weight excluding hydrogens is 538 g/mol. The molecule has 0 aliphatic heterocycles. The lowest BCUT2D eigenvalue weighted by Crippen LogP contribution is -2.43. The van der Waals surface area contributed by atoms with Gasteiger partial charge in [0.15, 0.2) is 0 Å². The summed E-state index contributed by atoms with van der Waals surface area (Å²) in [5, 5.41) is 18.7. The Morgan fingerprint density at radius 1 is 1.10 bits per heavy atom. The van der Waals surface area contributed by atoms with E-state index >= 15 is 0 Å². The number of phenols is 1. The molecule has 11 heteroatoms. The number of aromatic amines is 1. The first-order chi connectivity index (χ1) is 19.0. The Morgan fingerprint density at radius 2 is 1.77 bits per heavy atom. The highest BCUT2D eigenvalue weighted by molar-refractivity contribution is 7.89. The van der Waals surface area contributed by atoms with Gasteiger partial charge in [-0.1, -0.05) is 18.2 Å². The zero-order valence-electron chi connectivity index (χ0n) is 21.8. The smallest absolute Gasteiger partial charge is 0.238 e. The summed E-state index contributed by atoms with van der Waals surface area (Å²) in [6.07, 6.45) is 3.42. The van der Waals surface area contributed by atoms with Crippen molar-refractivity contribution in [2.24, 2.45) is 10.1 Å². The number of primary sulfonamides is 1. The molecule has 0 spiro atoms. The van der Waals surface area contributed by atoms with E-state index in [1.807, 2.05) is 0 Å². The molecule has 4 rings (SSSR count). The van der Waals surface area contributed by atoms with Crippen LogP contribution in [0.4, 0.5) is 8.78 Å². The highest BCUT2D eigenvalue weighted by Crippen LogP contribution is 2.25. The Labute approximate surface area is 230 Å². The lowest BCUT2D eigenvalue weighted by molar-refractivity contribution is -0.120. The Kier molecular flexibility index (Phi) is 8.46. The molecule has 3 aromatic carbocycles. The molecule has 5 N–H and O–H groups in total. The van der Waals surface area contributed by atoms with Gasteiger partial charge < -0.3 is 15.4 Å². The zero-order valence-corrected chi connectivity index (χ0v) is 22.6. The number of allylic oxidation sites excluding steroid dienone is 1. The molecule has 0 aliphatic carbocycles. The molecule has 0 saturated carbocycles. The number of nitrogens with one attached hydrogen (secondary N) is 2. The second-order valence-electron chi connectivity index (χ2n) is 9.20. The number of amides is 1. The number of aliphatic imine (C=N–C) groups is 1. The quantitative estimate of drug-likeness (QED) is 0.225. The first-order valence-corrected chi connectivity index (χ1v) is 13.8. The van der Waals surface area contributed by atoms with E-state index in [0.29, 0.717) is 33.4 Å². The number of carbonyl (C=O) groups is 1. The maximum Gasteiger partial charge on any atom is 0.238 e. The summed E-state index contributed by atoms with van der Waals surface area (Å²) in [7, 11) is -2.37. The van der Waals surface area contributed by atoms with Crippen molar-refractivity contribution in [3.8, 4) is 5.75 Å². The maximum atomic E-state index is 14.0. The number of sulfonamides is 1. The van der Waals surface area contributed by atoms with Crippen LogP contribution in [0.1, 0.15) is 23.6 Å². The normalized spacial score (nSPS) is 13.4. The molecule has 1 amide bonds. The van der Waals surface area contributed by atoms with Crippen LogP contribution in [-0.4, -0.2) is 43.2 Å². The summed E-state index contributed by atoms with van der Waals surface area (Å²) >= 11 is 0. The number of hydrogen-bond acceptors (Lipinski definition) is 5. The number of halogens is 2. The van der Waals surface area contributed by atoms with E-state index in [0.717, 1.165) is 11.6 Å². The van der Waals surface area contributed by atoms with Crippen LogP contribution in [0.15, 0.2) is 82.8 Å². The zero-order chi connectivity index (χ0) is 29.0. The molecule has 1 aromatic heterocycles. The first-order valence-electron chi connectivity index (χ1n) is 12.3. The van der Waals surface area contributed by atoms with Crippen molar-refractivity contribution in [2.75, 3.05) is 7.05 Å². The molecule has 1 heterocycles. The number of phenolic OH excluding ortho intramolecular Hbond substituents is 1. The number of aromatic hydroxyl groups is 1. The van der Waals surface area contributed by atoms with E-state index in [-0.39, 0.29) is 29.4 Å². The van der Waals surface area contributed by atoms with Gasteiger partial charge in [0.05, 0.1) is 23.1 Å². The van der Waals surface area contributed by atoms with E-state index in [4.69, 9.17) is 5.14 Å². The minimum atomic E-state index is -3.90. The average Bonchev–Trinajstić information content (AvgIpc) is 3.27. The van der Waals surface area contributed by atoms with Crippen molar-refractivity contribution in [1.82, 2.24) is 10.3 Å². The first kappa shape index (κ1) is 28.7. The minimum Gasteiger partial charge on any atom is -0.508 e. The summed E-state index contributed by atoms with van der Waals surface area (Å²) in [5.41, 5.74) is 3.32. The van der Waals surface area contributed by atoms with Gasteiger partial charge in [0.2, 0.25) is 15.9 Å². The van der Waals surface area contributed by atoms with Crippen LogP contribution in [-0.2, 0) is 27.7 Å². The van der Waals surface area contributed by atoms with Gasteiger partial charge in [-0.25, -0.2) is 22.3 Å².